The van der Waals surface area contributed by atoms with Crippen LogP contribution in [0.4, 0.5) is 5.69 Å². The Morgan fingerprint density at radius 1 is 1.00 bits per heavy atom. The van der Waals surface area contributed by atoms with E-state index in [1.165, 1.54) is 17.2 Å². The molecule has 28 heavy (non-hydrogen) atoms. The summed E-state index contributed by atoms with van der Waals surface area (Å²) >= 11 is 0. The first-order valence-corrected chi connectivity index (χ1v) is 9.55. The van der Waals surface area contributed by atoms with Crippen LogP contribution in [0.1, 0.15) is 17.0 Å². The highest BCUT2D eigenvalue weighted by atomic mass is 16.5. The SMILES string of the molecule is O=C(Oc1cccc(N2C(=O)[C@@H]3[C@H]4C=C[C@H]([C@H]5C[C@H]45)[C@@H]3C2=O)c1)c1ccco1. The second-order valence-corrected chi connectivity index (χ2v) is 8.03. The number of ether oxygens (including phenoxy) is 1. The maximum Gasteiger partial charge on any atom is 0.379 e. The smallest absolute Gasteiger partial charge is 0.379 e. The molecule has 1 aliphatic heterocycles. The van der Waals surface area contributed by atoms with Crippen molar-refractivity contribution >= 4 is 23.5 Å². The minimum Gasteiger partial charge on any atom is -0.457 e. The van der Waals surface area contributed by atoms with Crippen molar-refractivity contribution in [2.24, 2.45) is 35.5 Å². The van der Waals surface area contributed by atoms with Crippen LogP contribution < -0.4 is 9.64 Å². The van der Waals surface area contributed by atoms with E-state index in [4.69, 9.17) is 9.15 Å². The van der Waals surface area contributed by atoms with Crippen LogP contribution in [0.5, 0.6) is 5.75 Å². The van der Waals surface area contributed by atoms with Crippen LogP contribution in [0, 0.1) is 35.5 Å². The van der Waals surface area contributed by atoms with Crippen molar-refractivity contribution < 1.29 is 23.5 Å². The molecule has 1 saturated heterocycles. The molecule has 0 N–H and O–H groups in total. The van der Waals surface area contributed by atoms with E-state index in [-0.39, 0.29) is 47.0 Å². The van der Waals surface area contributed by atoms with Gasteiger partial charge in [0.25, 0.3) is 0 Å². The van der Waals surface area contributed by atoms with Crippen LogP contribution >= 0.6 is 0 Å². The lowest BCUT2D eigenvalue weighted by molar-refractivity contribution is -0.124. The van der Waals surface area contributed by atoms with Crippen LogP contribution in [-0.2, 0) is 9.59 Å². The van der Waals surface area contributed by atoms with Gasteiger partial charge in [-0.3, -0.25) is 9.59 Å². The predicted octanol–water partition coefficient (Wildman–Crippen LogP) is 3.06. The highest BCUT2D eigenvalue weighted by Gasteiger charge is 2.67. The first kappa shape index (κ1) is 15.9. The van der Waals surface area contributed by atoms with Gasteiger partial charge in [0.2, 0.25) is 17.6 Å². The third-order valence-electron chi connectivity index (χ3n) is 6.67. The first-order chi connectivity index (χ1) is 13.6. The van der Waals surface area contributed by atoms with E-state index in [2.05, 4.69) is 12.2 Å². The molecule has 4 aliphatic carbocycles. The van der Waals surface area contributed by atoms with E-state index in [1.54, 1.807) is 30.3 Å². The largest absolute Gasteiger partial charge is 0.457 e. The summed E-state index contributed by atoms with van der Waals surface area (Å²) < 4.78 is 10.4. The molecule has 0 radical (unpaired) electrons. The van der Waals surface area contributed by atoms with Crippen molar-refractivity contribution in [3.8, 4) is 5.75 Å². The molecule has 7 rings (SSSR count). The normalized spacial score (nSPS) is 34.4. The quantitative estimate of drug-likeness (QED) is 0.357. The number of nitrogens with zero attached hydrogens (tertiary/aromatic N) is 1. The summed E-state index contributed by atoms with van der Waals surface area (Å²) in [4.78, 5) is 39.7. The first-order valence-electron chi connectivity index (χ1n) is 9.55. The number of furan rings is 1. The lowest BCUT2D eigenvalue weighted by Crippen LogP contribution is -2.40. The molecule has 0 unspecified atom stereocenters. The number of rotatable bonds is 3. The van der Waals surface area contributed by atoms with Crippen molar-refractivity contribution in [1.82, 2.24) is 0 Å². The van der Waals surface area contributed by atoms with E-state index in [1.807, 2.05) is 0 Å². The summed E-state index contributed by atoms with van der Waals surface area (Å²) in [5, 5.41) is 0. The number of imide groups is 1. The summed E-state index contributed by atoms with van der Waals surface area (Å²) in [6, 6.07) is 9.66. The van der Waals surface area contributed by atoms with Crippen LogP contribution in [0.25, 0.3) is 0 Å². The topological polar surface area (TPSA) is 76.8 Å². The number of anilines is 1. The van der Waals surface area contributed by atoms with Gasteiger partial charge in [0.15, 0.2) is 0 Å². The van der Waals surface area contributed by atoms with Gasteiger partial charge in [0.05, 0.1) is 23.8 Å². The molecule has 1 aromatic carbocycles. The Labute approximate surface area is 160 Å². The molecule has 6 nitrogen and oxygen atoms in total. The number of amides is 2. The number of carbonyl (C=O) groups excluding carboxylic acids is 3. The van der Waals surface area contributed by atoms with Gasteiger partial charge >= 0.3 is 5.97 Å². The summed E-state index contributed by atoms with van der Waals surface area (Å²) in [7, 11) is 0. The van der Waals surface area contributed by atoms with Gasteiger partial charge in [-0.05, 0) is 54.4 Å². The van der Waals surface area contributed by atoms with Crippen molar-refractivity contribution in [2.45, 2.75) is 6.42 Å². The van der Waals surface area contributed by atoms with E-state index in [0.717, 1.165) is 6.42 Å². The monoisotopic (exact) mass is 375 g/mol. The summed E-state index contributed by atoms with van der Waals surface area (Å²) in [5.41, 5.74) is 0.446. The molecule has 3 fully saturated rings. The average Bonchev–Trinajstić information content (AvgIpc) is 3.26. The number of allylic oxidation sites excluding steroid dienone is 2. The molecule has 0 spiro atoms. The van der Waals surface area contributed by atoms with Gasteiger partial charge < -0.3 is 9.15 Å². The maximum atomic E-state index is 13.2. The van der Waals surface area contributed by atoms with Gasteiger partial charge in [0, 0.05) is 6.07 Å². The van der Waals surface area contributed by atoms with Gasteiger partial charge in [-0.25, -0.2) is 9.69 Å². The molecule has 2 heterocycles. The van der Waals surface area contributed by atoms with Gasteiger partial charge in [-0.2, -0.15) is 0 Å². The molecule has 140 valence electrons. The second-order valence-electron chi connectivity index (χ2n) is 8.03. The van der Waals surface area contributed by atoms with Crippen molar-refractivity contribution in [3.63, 3.8) is 0 Å². The molecule has 2 bridgehead atoms. The molecule has 2 aromatic rings. The summed E-state index contributed by atoms with van der Waals surface area (Å²) in [6.45, 7) is 0. The standard InChI is InChI=1S/C22H17NO5/c24-20-18-13-6-7-14(16-10-15(13)16)19(18)21(25)23(20)11-3-1-4-12(9-11)28-22(26)17-5-2-8-27-17/h1-9,13-16,18-19H,10H2/t13-,14+,15-,16-,18+,19-/m1/s1. The van der Waals surface area contributed by atoms with E-state index >= 15 is 0 Å². The molecule has 6 atom stereocenters. The molecule has 2 amide bonds. The zero-order chi connectivity index (χ0) is 19.0. The van der Waals surface area contributed by atoms with Crippen molar-refractivity contribution in [2.75, 3.05) is 4.90 Å². The van der Waals surface area contributed by atoms with Crippen LogP contribution in [0.3, 0.4) is 0 Å². The Hall–Kier alpha value is -3.15. The van der Waals surface area contributed by atoms with E-state index < -0.39 is 5.97 Å². The third kappa shape index (κ3) is 2.06. The number of hydrogen-bond donors (Lipinski definition) is 0. The Bertz CT molecular complexity index is 1000. The Balaban J connectivity index is 1.30. The van der Waals surface area contributed by atoms with Gasteiger partial charge in [-0.15, -0.1) is 0 Å². The number of esters is 1. The Kier molecular flexibility index (Phi) is 3.08. The minimum atomic E-state index is -0.628. The van der Waals surface area contributed by atoms with E-state index in [9.17, 15) is 14.4 Å². The molecular formula is C22H17NO5. The zero-order valence-corrected chi connectivity index (χ0v) is 14.9. The summed E-state index contributed by atoms with van der Waals surface area (Å²) in [6.07, 6.45) is 6.82. The molecule has 2 saturated carbocycles. The molecule has 6 heteroatoms. The van der Waals surface area contributed by atoms with Crippen molar-refractivity contribution in [1.29, 1.82) is 0 Å². The van der Waals surface area contributed by atoms with E-state index in [0.29, 0.717) is 17.5 Å². The van der Waals surface area contributed by atoms with Crippen LogP contribution in [-0.4, -0.2) is 17.8 Å². The van der Waals surface area contributed by atoms with Crippen LogP contribution in [0.2, 0.25) is 0 Å². The van der Waals surface area contributed by atoms with Crippen molar-refractivity contribution in [3.05, 3.63) is 60.6 Å². The lowest BCUT2D eigenvalue weighted by atomic mass is 9.63. The summed E-state index contributed by atoms with van der Waals surface area (Å²) in [5.74, 6) is 0.455. The van der Waals surface area contributed by atoms with Crippen LogP contribution in [0.15, 0.2) is 59.2 Å². The molecule has 5 aliphatic rings. The highest BCUT2D eigenvalue weighted by molar-refractivity contribution is 6.22. The second kappa shape index (κ2) is 5.44. The minimum absolute atomic E-state index is 0.0895. The fourth-order valence-corrected chi connectivity index (χ4v) is 5.45. The third-order valence-corrected chi connectivity index (χ3v) is 6.67. The number of benzene rings is 1. The van der Waals surface area contributed by atoms with Gasteiger partial charge in [0.1, 0.15) is 5.75 Å². The number of carbonyl (C=O) groups is 3. The predicted molar refractivity (Wildman–Crippen MR) is 97.3 cm³/mol. The van der Waals surface area contributed by atoms with Gasteiger partial charge in [-0.1, -0.05) is 18.2 Å². The maximum absolute atomic E-state index is 13.2. The fourth-order valence-electron chi connectivity index (χ4n) is 5.45. The zero-order valence-electron chi connectivity index (χ0n) is 14.9. The Morgan fingerprint density at radius 2 is 1.71 bits per heavy atom. The fraction of sp³-hybridized carbons (Fsp3) is 0.318. The Morgan fingerprint density at radius 3 is 2.36 bits per heavy atom. The molecular weight excluding hydrogens is 358 g/mol. The lowest BCUT2D eigenvalue weighted by Gasteiger charge is -2.37. The highest BCUT2D eigenvalue weighted by Crippen LogP contribution is 2.65. The average molecular weight is 375 g/mol. The molecule has 1 aromatic heterocycles. The number of hydrogen-bond acceptors (Lipinski definition) is 5.